The van der Waals surface area contributed by atoms with Crippen molar-refractivity contribution in [3.63, 3.8) is 0 Å². The van der Waals surface area contributed by atoms with E-state index >= 15 is 0 Å². The molecule has 0 aromatic heterocycles. The van der Waals surface area contributed by atoms with Crippen LogP contribution in [0.1, 0.15) is 15.9 Å². The number of carbonyl (C=O) groups is 2. The molecule has 2 aromatic rings. The molecular formula is C15H14N2O4. The highest BCUT2D eigenvalue weighted by molar-refractivity contribution is 5.91. The second-order valence-corrected chi connectivity index (χ2v) is 4.21. The van der Waals surface area contributed by atoms with Gasteiger partial charge in [-0.1, -0.05) is 30.3 Å². The fourth-order valence-electron chi connectivity index (χ4n) is 1.61. The Morgan fingerprint density at radius 2 is 1.67 bits per heavy atom. The van der Waals surface area contributed by atoms with Gasteiger partial charge in [0.15, 0.2) is 0 Å². The number of rotatable bonds is 5. The van der Waals surface area contributed by atoms with Crippen molar-refractivity contribution >= 4 is 17.7 Å². The summed E-state index contributed by atoms with van der Waals surface area (Å²) >= 11 is 0. The monoisotopic (exact) mass is 286 g/mol. The Morgan fingerprint density at radius 3 is 2.29 bits per heavy atom. The normalized spacial score (nSPS) is 9.90. The van der Waals surface area contributed by atoms with Crippen LogP contribution in [0.3, 0.4) is 0 Å². The fraction of sp³-hybridized carbons (Fsp3) is 0.0667. The zero-order chi connectivity index (χ0) is 15.1. The maximum Gasteiger partial charge on any atom is 0.343 e. The quantitative estimate of drug-likeness (QED) is 0.737. The van der Waals surface area contributed by atoms with Gasteiger partial charge in [-0.2, -0.15) is 0 Å². The number of hydrogen-bond acceptors (Lipinski definition) is 3. The number of benzene rings is 2. The Bertz CT molecular complexity index is 611. The smallest absolute Gasteiger partial charge is 0.343 e. The summed E-state index contributed by atoms with van der Waals surface area (Å²) in [7, 11) is 0. The van der Waals surface area contributed by atoms with E-state index in [1.165, 1.54) is 24.3 Å². The number of amides is 2. The summed E-state index contributed by atoms with van der Waals surface area (Å²) < 4.78 is 0. The Morgan fingerprint density at radius 1 is 1.00 bits per heavy atom. The van der Waals surface area contributed by atoms with Gasteiger partial charge in [-0.25, -0.2) is 15.1 Å². The molecule has 108 valence electrons. The van der Waals surface area contributed by atoms with Gasteiger partial charge in [0.25, 0.3) is 0 Å². The van der Waals surface area contributed by atoms with Crippen LogP contribution in [0, 0.1) is 0 Å². The van der Waals surface area contributed by atoms with E-state index in [1.807, 2.05) is 30.3 Å². The van der Waals surface area contributed by atoms with Gasteiger partial charge in [-0.3, -0.25) is 4.84 Å². The predicted molar refractivity (Wildman–Crippen MR) is 76.8 cm³/mol. The number of nitrogens with one attached hydrogen (secondary N) is 2. The summed E-state index contributed by atoms with van der Waals surface area (Å²) in [5.41, 5.74) is 3.81. The minimum Gasteiger partial charge on any atom is -0.478 e. The molecule has 0 aliphatic rings. The van der Waals surface area contributed by atoms with Crippen LogP contribution in [-0.4, -0.2) is 17.1 Å². The number of hydroxylamine groups is 1. The molecule has 6 nitrogen and oxygen atoms in total. The van der Waals surface area contributed by atoms with Gasteiger partial charge in [-0.05, 0) is 29.8 Å². The van der Waals surface area contributed by atoms with Crippen molar-refractivity contribution in [2.45, 2.75) is 6.61 Å². The molecule has 0 heterocycles. The summed E-state index contributed by atoms with van der Waals surface area (Å²) in [4.78, 5) is 27.3. The zero-order valence-electron chi connectivity index (χ0n) is 11.1. The highest BCUT2D eigenvalue weighted by atomic mass is 16.7. The molecule has 0 aliphatic carbocycles. The average Bonchev–Trinajstić information content (AvgIpc) is 2.49. The van der Waals surface area contributed by atoms with Crippen molar-refractivity contribution in [2.75, 3.05) is 5.32 Å². The number of aromatic carboxylic acids is 1. The van der Waals surface area contributed by atoms with E-state index in [2.05, 4.69) is 10.8 Å². The van der Waals surface area contributed by atoms with Crippen LogP contribution in [0.4, 0.5) is 10.5 Å². The van der Waals surface area contributed by atoms with Crippen molar-refractivity contribution in [1.82, 2.24) is 5.48 Å². The average molecular weight is 286 g/mol. The minimum absolute atomic E-state index is 0.154. The number of hydrogen-bond donors (Lipinski definition) is 3. The predicted octanol–water partition coefficient (Wildman–Crippen LogP) is 2.64. The van der Waals surface area contributed by atoms with Crippen LogP contribution < -0.4 is 10.8 Å². The Labute approximate surface area is 121 Å². The number of anilines is 1. The molecule has 0 atom stereocenters. The molecule has 0 aliphatic heterocycles. The van der Waals surface area contributed by atoms with Crippen molar-refractivity contribution in [3.8, 4) is 0 Å². The van der Waals surface area contributed by atoms with Crippen LogP contribution in [0.2, 0.25) is 0 Å². The van der Waals surface area contributed by atoms with Gasteiger partial charge < -0.3 is 10.4 Å². The largest absolute Gasteiger partial charge is 0.478 e. The van der Waals surface area contributed by atoms with Crippen molar-refractivity contribution in [1.29, 1.82) is 0 Å². The van der Waals surface area contributed by atoms with Crippen LogP contribution in [0.5, 0.6) is 0 Å². The van der Waals surface area contributed by atoms with Gasteiger partial charge in [-0.15, -0.1) is 0 Å². The standard InChI is InChI=1S/C15H14N2O4/c18-14(19)12-6-8-13(9-7-12)16-15(20)17-21-10-11-4-2-1-3-5-11/h1-9H,10H2,(H,18,19)(H2,16,17,20). The molecule has 0 radical (unpaired) electrons. The van der Waals surface area contributed by atoms with Crippen molar-refractivity contribution in [3.05, 3.63) is 65.7 Å². The first-order chi connectivity index (χ1) is 10.1. The van der Waals surface area contributed by atoms with Crippen LogP contribution >= 0.6 is 0 Å². The van der Waals surface area contributed by atoms with Crippen LogP contribution in [-0.2, 0) is 11.4 Å². The summed E-state index contributed by atoms with van der Waals surface area (Å²) in [6.45, 7) is 0.256. The van der Waals surface area contributed by atoms with E-state index in [-0.39, 0.29) is 12.2 Å². The molecular weight excluding hydrogens is 272 g/mol. The lowest BCUT2D eigenvalue weighted by atomic mass is 10.2. The molecule has 2 aromatic carbocycles. The molecule has 2 rings (SSSR count). The van der Waals surface area contributed by atoms with Gasteiger partial charge in [0.05, 0.1) is 12.2 Å². The van der Waals surface area contributed by atoms with Crippen molar-refractivity contribution in [2.24, 2.45) is 0 Å². The van der Waals surface area contributed by atoms with Gasteiger partial charge in [0.1, 0.15) is 0 Å². The molecule has 0 saturated carbocycles. The molecule has 0 spiro atoms. The van der Waals surface area contributed by atoms with Crippen LogP contribution in [0.25, 0.3) is 0 Å². The molecule has 2 amide bonds. The maximum atomic E-state index is 11.6. The Kier molecular flexibility index (Phi) is 4.89. The van der Waals surface area contributed by atoms with Crippen molar-refractivity contribution < 1.29 is 19.5 Å². The molecule has 21 heavy (non-hydrogen) atoms. The SMILES string of the molecule is O=C(NOCc1ccccc1)Nc1ccc(C(=O)O)cc1. The summed E-state index contributed by atoms with van der Waals surface area (Å²) in [6.07, 6.45) is 0. The lowest BCUT2D eigenvalue weighted by molar-refractivity contribution is 0.0536. The van der Waals surface area contributed by atoms with Gasteiger partial charge >= 0.3 is 12.0 Å². The number of carbonyl (C=O) groups excluding carboxylic acids is 1. The summed E-state index contributed by atoms with van der Waals surface area (Å²) in [6, 6.07) is 14.7. The van der Waals surface area contributed by atoms with E-state index in [9.17, 15) is 9.59 Å². The number of carboxylic acid groups (broad SMARTS) is 1. The van der Waals surface area contributed by atoms with E-state index in [0.717, 1.165) is 5.56 Å². The molecule has 0 bridgehead atoms. The highest BCUT2D eigenvalue weighted by Gasteiger charge is 2.04. The fourth-order valence-corrected chi connectivity index (χ4v) is 1.61. The number of carboxylic acids is 1. The molecule has 0 fully saturated rings. The third-order valence-corrected chi connectivity index (χ3v) is 2.64. The first kappa shape index (κ1) is 14.5. The molecule has 0 unspecified atom stereocenters. The lowest BCUT2D eigenvalue weighted by Crippen LogP contribution is -2.28. The zero-order valence-corrected chi connectivity index (χ0v) is 11.1. The van der Waals surface area contributed by atoms with E-state index in [0.29, 0.717) is 5.69 Å². The summed E-state index contributed by atoms with van der Waals surface area (Å²) in [5.74, 6) is -1.02. The van der Waals surface area contributed by atoms with Gasteiger partial charge in [0, 0.05) is 5.69 Å². The van der Waals surface area contributed by atoms with E-state index in [1.54, 1.807) is 0 Å². The Balaban J connectivity index is 1.78. The molecule has 0 saturated heterocycles. The van der Waals surface area contributed by atoms with E-state index in [4.69, 9.17) is 9.94 Å². The lowest BCUT2D eigenvalue weighted by Gasteiger charge is -2.08. The topological polar surface area (TPSA) is 87.7 Å². The third kappa shape index (κ3) is 4.63. The Hall–Kier alpha value is -2.86. The van der Waals surface area contributed by atoms with E-state index < -0.39 is 12.0 Å². The summed E-state index contributed by atoms with van der Waals surface area (Å²) in [5, 5.41) is 11.3. The second-order valence-electron chi connectivity index (χ2n) is 4.21. The third-order valence-electron chi connectivity index (χ3n) is 2.64. The maximum absolute atomic E-state index is 11.6. The first-order valence-electron chi connectivity index (χ1n) is 6.21. The van der Waals surface area contributed by atoms with Gasteiger partial charge in [0.2, 0.25) is 0 Å². The second kappa shape index (κ2) is 7.06. The van der Waals surface area contributed by atoms with Crippen LogP contribution in [0.15, 0.2) is 54.6 Å². The highest BCUT2D eigenvalue weighted by Crippen LogP contribution is 2.09. The molecule has 3 N–H and O–H groups in total. The number of urea groups is 1. The molecule has 6 heteroatoms. The minimum atomic E-state index is -1.02. The first-order valence-corrected chi connectivity index (χ1v) is 6.21.